The molecule has 0 spiro atoms. The molecule has 1 aromatic carbocycles. The summed E-state index contributed by atoms with van der Waals surface area (Å²) in [7, 11) is -0.694. The van der Waals surface area contributed by atoms with Crippen LogP contribution in [-0.4, -0.2) is 56.0 Å². The van der Waals surface area contributed by atoms with Crippen LogP contribution in [0.15, 0.2) is 41.4 Å². The van der Waals surface area contributed by atoms with Crippen LogP contribution in [0, 0.1) is 0 Å². The van der Waals surface area contributed by atoms with Crippen LogP contribution in [0.2, 0.25) is 0 Å². The Morgan fingerprint density at radius 1 is 1.17 bits per heavy atom. The molecule has 29 heavy (non-hydrogen) atoms. The molecule has 2 aromatic rings. The monoisotopic (exact) mass is 423 g/mol. The van der Waals surface area contributed by atoms with Gasteiger partial charge in [0, 0.05) is 26.3 Å². The number of nitrogens with one attached hydrogen (secondary N) is 1. The first-order valence-corrected chi connectivity index (χ1v) is 10.4. The Balaban J connectivity index is 2.06. The van der Waals surface area contributed by atoms with E-state index in [1.165, 1.54) is 35.3 Å². The number of sulfonamides is 1. The molecule has 0 aliphatic heterocycles. The predicted molar refractivity (Wildman–Crippen MR) is 107 cm³/mol. The number of hydrogen-bond acceptors (Lipinski definition) is 6. The summed E-state index contributed by atoms with van der Waals surface area (Å²) in [5, 5.41) is 2.59. The lowest BCUT2D eigenvalue weighted by Gasteiger charge is -2.17. The van der Waals surface area contributed by atoms with Crippen LogP contribution in [0.5, 0.6) is 5.75 Å². The van der Waals surface area contributed by atoms with Crippen LogP contribution >= 0.6 is 0 Å². The van der Waals surface area contributed by atoms with Gasteiger partial charge in [-0.1, -0.05) is 26.0 Å². The highest BCUT2D eigenvalue weighted by atomic mass is 32.2. The maximum Gasteiger partial charge on any atom is 0.355 e. The average Bonchev–Trinajstić information content (AvgIpc) is 3.10. The molecule has 0 saturated carbocycles. The molecule has 1 amide bonds. The highest BCUT2D eigenvalue weighted by Crippen LogP contribution is 2.23. The number of rotatable bonds is 9. The number of esters is 1. The summed E-state index contributed by atoms with van der Waals surface area (Å²) in [6.07, 6.45) is 1.35. The standard InChI is InChI=1S/C19H25N3O6S/c1-5-22(6-2)29(25,26)14-11-16(21(3)12-14)19(24)28-13-18(23)20-15-9-7-8-10-17(15)27-4/h7-12H,5-6,13H2,1-4H3,(H,20,23). The smallest absolute Gasteiger partial charge is 0.355 e. The number of aromatic nitrogens is 1. The zero-order chi connectivity index (χ0) is 21.6. The van der Waals surface area contributed by atoms with E-state index in [1.807, 2.05) is 0 Å². The van der Waals surface area contributed by atoms with E-state index in [-0.39, 0.29) is 10.6 Å². The predicted octanol–water partition coefficient (Wildman–Crippen LogP) is 1.86. The van der Waals surface area contributed by atoms with Crippen molar-refractivity contribution < 1.29 is 27.5 Å². The Bertz CT molecular complexity index is 980. The number of anilines is 1. The first-order valence-electron chi connectivity index (χ1n) is 9.01. The Morgan fingerprint density at radius 2 is 1.83 bits per heavy atom. The zero-order valence-corrected chi connectivity index (χ0v) is 17.7. The van der Waals surface area contributed by atoms with Crippen LogP contribution in [-0.2, 0) is 26.6 Å². The molecular formula is C19H25N3O6S. The molecule has 0 atom stereocenters. The van der Waals surface area contributed by atoms with Crippen LogP contribution in [0.3, 0.4) is 0 Å². The van der Waals surface area contributed by atoms with Gasteiger partial charge in [0.05, 0.1) is 12.8 Å². The number of methoxy groups -OCH3 is 1. The lowest BCUT2D eigenvalue weighted by molar-refractivity contribution is -0.119. The van der Waals surface area contributed by atoms with Crippen molar-refractivity contribution in [2.24, 2.45) is 7.05 Å². The third kappa shape index (κ3) is 5.15. The lowest BCUT2D eigenvalue weighted by atomic mass is 10.3. The van der Waals surface area contributed by atoms with Crippen molar-refractivity contribution in [1.29, 1.82) is 0 Å². The van der Waals surface area contributed by atoms with Gasteiger partial charge in [0.1, 0.15) is 16.3 Å². The highest BCUT2D eigenvalue weighted by molar-refractivity contribution is 7.89. The van der Waals surface area contributed by atoms with Crippen molar-refractivity contribution in [1.82, 2.24) is 8.87 Å². The quantitative estimate of drug-likeness (QED) is 0.617. The molecule has 0 bridgehead atoms. The molecule has 0 radical (unpaired) electrons. The molecule has 2 rings (SSSR count). The van der Waals surface area contributed by atoms with Gasteiger partial charge in [0.15, 0.2) is 6.61 Å². The van der Waals surface area contributed by atoms with Crippen molar-refractivity contribution in [3.05, 3.63) is 42.2 Å². The number of ether oxygens (including phenoxy) is 2. The molecular weight excluding hydrogens is 398 g/mol. The third-order valence-corrected chi connectivity index (χ3v) is 6.26. The number of amides is 1. The molecule has 9 nitrogen and oxygen atoms in total. The van der Waals surface area contributed by atoms with Crippen LogP contribution in [0.25, 0.3) is 0 Å². The van der Waals surface area contributed by atoms with E-state index in [4.69, 9.17) is 9.47 Å². The number of hydrogen-bond donors (Lipinski definition) is 1. The third-order valence-electron chi connectivity index (χ3n) is 4.25. The van der Waals surface area contributed by atoms with Gasteiger partial charge in [-0.3, -0.25) is 4.79 Å². The van der Waals surface area contributed by atoms with Crippen molar-refractivity contribution in [3.63, 3.8) is 0 Å². The van der Waals surface area contributed by atoms with E-state index in [9.17, 15) is 18.0 Å². The van der Waals surface area contributed by atoms with Crippen molar-refractivity contribution in [2.45, 2.75) is 18.7 Å². The minimum atomic E-state index is -3.70. The van der Waals surface area contributed by atoms with Gasteiger partial charge in [-0.2, -0.15) is 4.31 Å². The van der Waals surface area contributed by atoms with Crippen LogP contribution in [0.4, 0.5) is 5.69 Å². The second kappa shape index (κ2) is 9.57. The van der Waals surface area contributed by atoms with E-state index in [1.54, 1.807) is 38.1 Å². The Hall–Kier alpha value is -2.85. The molecule has 0 aliphatic rings. The second-order valence-electron chi connectivity index (χ2n) is 6.09. The molecule has 0 unspecified atom stereocenters. The minimum absolute atomic E-state index is 0.00544. The van der Waals surface area contributed by atoms with Gasteiger partial charge >= 0.3 is 5.97 Å². The first kappa shape index (κ1) is 22.4. The van der Waals surface area contributed by atoms with Crippen molar-refractivity contribution >= 4 is 27.6 Å². The average molecular weight is 423 g/mol. The van der Waals surface area contributed by atoms with Gasteiger partial charge < -0.3 is 19.4 Å². The normalized spacial score (nSPS) is 11.3. The summed E-state index contributed by atoms with van der Waals surface area (Å²) in [5.41, 5.74) is 0.475. The van der Waals surface area contributed by atoms with E-state index in [2.05, 4.69) is 5.32 Å². The topological polar surface area (TPSA) is 107 Å². The molecule has 1 heterocycles. The van der Waals surface area contributed by atoms with Gasteiger partial charge in [-0.05, 0) is 18.2 Å². The van der Waals surface area contributed by atoms with Gasteiger partial charge in [-0.25, -0.2) is 13.2 Å². The molecule has 0 aliphatic carbocycles. The SMILES string of the molecule is CCN(CC)S(=O)(=O)c1cc(C(=O)OCC(=O)Nc2ccccc2OC)n(C)c1. The molecule has 0 saturated heterocycles. The molecule has 0 fully saturated rings. The van der Waals surface area contributed by atoms with Crippen LogP contribution < -0.4 is 10.1 Å². The fourth-order valence-corrected chi connectivity index (χ4v) is 4.26. The largest absolute Gasteiger partial charge is 0.495 e. The number of carbonyl (C=O) groups excluding carboxylic acids is 2. The van der Waals surface area contributed by atoms with Gasteiger partial charge in [0.25, 0.3) is 5.91 Å². The van der Waals surface area contributed by atoms with Gasteiger partial charge in [0.2, 0.25) is 10.0 Å². The number of aryl methyl sites for hydroxylation is 1. The lowest BCUT2D eigenvalue weighted by Crippen LogP contribution is -2.30. The summed E-state index contributed by atoms with van der Waals surface area (Å²) in [4.78, 5) is 24.4. The first-order chi connectivity index (χ1) is 13.7. The van der Waals surface area contributed by atoms with Crippen molar-refractivity contribution in [2.75, 3.05) is 32.1 Å². The molecule has 1 aromatic heterocycles. The number of carbonyl (C=O) groups is 2. The Kier molecular flexibility index (Phi) is 7.40. The molecule has 158 valence electrons. The van der Waals surface area contributed by atoms with E-state index in [0.717, 1.165) is 0 Å². The van der Waals surface area contributed by atoms with Gasteiger partial charge in [-0.15, -0.1) is 0 Å². The molecule has 10 heteroatoms. The molecule has 1 N–H and O–H groups in total. The van der Waals surface area contributed by atoms with E-state index >= 15 is 0 Å². The highest BCUT2D eigenvalue weighted by Gasteiger charge is 2.26. The van der Waals surface area contributed by atoms with E-state index in [0.29, 0.717) is 24.5 Å². The fraction of sp³-hybridized carbons (Fsp3) is 0.368. The summed E-state index contributed by atoms with van der Waals surface area (Å²) in [5.74, 6) is -0.877. The summed E-state index contributed by atoms with van der Waals surface area (Å²) in [6, 6.07) is 8.07. The Labute approximate surface area is 170 Å². The number of para-hydroxylation sites is 2. The second-order valence-corrected chi connectivity index (χ2v) is 8.02. The fourth-order valence-electron chi connectivity index (χ4n) is 2.73. The minimum Gasteiger partial charge on any atom is -0.495 e. The number of nitrogens with zero attached hydrogens (tertiary/aromatic N) is 2. The maximum absolute atomic E-state index is 12.6. The summed E-state index contributed by atoms with van der Waals surface area (Å²) in [6.45, 7) is 3.58. The Morgan fingerprint density at radius 3 is 2.45 bits per heavy atom. The maximum atomic E-state index is 12.6. The zero-order valence-electron chi connectivity index (χ0n) is 16.8. The number of benzene rings is 1. The van der Waals surface area contributed by atoms with Crippen LogP contribution in [0.1, 0.15) is 24.3 Å². The summed E-state index contributed by atoms with van der Waals surface area (Å²) < 4.78 is 38.0. The summed E-state index contributed by atoms with van der Waals surface area (Å²) >= 11 is 0. The van der Waals surface area contributed by atoms with Crippen molar-refractivity contribution in [3.8, 4) is 5.75 Å². The van der Waals surface area contributed by atoms with E-state index < -0.39 is 28.5 Å².